The molecule has 0 radical (unpaired) electrons. The fourth-order valence-electron chi connectivity index (χ4n) is 3.07. The molecule has 150 valence electrons. The van der Waals surface area contributed by atoms with Gasteiger partial charge in [0.1, 0.15) is 5.82 Å². The molecule has 4 N–H and O–H groups in total. The Morgan fingerprint density at radius 3 is 2.79 bits per heavy atom. The summed E-state index contributed by atoms with van der Waals surface area (Å²) in [6.45, 7) is 6.24. The number of hydrogen-bond acceptors (Lipinski definition) is 7. The number of anilines is 2. The summed E-state index contributed by atoms with van der Waals surface area (Å²) in [6, 6.07) is 11.6. The molecule has 7 heteroatoms. The largest absolute Gasteiger partial charge is 0.370 e. The van der Waals surface area contributed by atoms with E-state index >= 15 is 0 Å². The molecule has 0 spiro atoms. The second-order valence-corrected chi connectivity index (χ2v) is 6.86. The van der Waals surface area contributed by atoms with Crippen LogP contribution in [-0.2, 0) is 6.54 Å². The molecular formula is C22H26N6O. The van der Waals surface area contributed by atoms with Crippen LogP contribution in [0.2, 0.25) is 0 Å². The van der Waals surface area contributed by atoms with E-state index < -0.39 is 0 Å². The minimum absolute atomic E-state index is 0.251. The quantitative estimate of drug-likeness (QED) is 0.381. The summed E-state index contributed by atoms with van der Waals surface area (Å²) in [7, 11) is 0. The van der Waals surface area contributed by atoms with Crippen LogP contribution in [0.4, 0.5) is 11.8 Å². The Morgan fingerprint density at radius 1 is 1.10 bits per heavy atom. The molecule has 29 heavy (non-hydrogen) atoms. The van der Waals surface area contributed by atoms with Crippen LogP contribution in [-0.4, -0.2) is 34.3 Å². The van der Waals surface area contributed by atoms with E-state index in [9.17, 15) is 4.79 Å². The number of aryl methyl sites for hydroxylation is 1. The van der Waals surface area contributed by atoms with E-state index in [-0.39, 0.29) is 5.95 Å². The summed E-state index contributed by atoms with van der Waals surface area (Å²) < 4.78 is 0. The zero-order valence-electron chi connectivity index (χ0n) is 16.8. The van der Waals surface area contributed by atoms with Crippen LogP contribution in [0, 0.1) is 13.8 Å². The standard InChI is InChI=1S/C22H26N6O/c1-15-6-3-8-18(16(15)2)19-12-21(28-22(23)27-19)26-11-5-9-24-13-20-17(14-29)7-4-10-25-20/h3-4,6-8,10,12,14,24H,5,9,11,13H2,1-2H3,(H3,23,26,27,28). The number of hydrogen-bond donors (Lipinski definition) is 3. The molecule has 0 atom stereocenters. The molecule has 0 fully saturated rings. The van der Waals surface area contributed by atoms with Gasteiger partial charge in [0.25, 0.3) is 0 Å². The van der Waals surface area contributed by atoms with Crippen molar-refractivity contribution < 1.29 is 4.79 Å². The number of nitrogens with zero attached hydrogens (tertiary/aromatic N) is 3. The molecule has 7 nitrogen and oxygen atoms in total. The van der Waals surface area contributed by atoms with Crippen molar-refractivity contribution in [3.05, 3.63) is 65.0 Å². The number of nitrogens with two attached hydrogens (primary N) is 1. The normalized spacial score (nSPS) is 10.7. The van der Waals surface area contributed by atoms with Crippen molar-refractivity contribution in [2.75, 3.05) is 24.1 Å². The first-order valence-corrected chi connectivity index (χ1v) is 9.63. The van der Waals surface area contributed by atoms with Crippen molar-refractivity contribution in [3.63, 3.8) is 0 Å². The molecule has 0 amide bonds. The number of pyridine rings is 1. The molecule has 0 bridgehead atoms. The van der Waals surface area contributed by atoms with E-state index in [0.717, 1.165) is 42.7 Å². The number of aromatic nitrogens is 3. The van der Waals surface area contributed by atoms with Crippen molar-refractivity contribution >= 4 is 18.1 Å². The molecule has 3 aromatic rings. The Labute approximate surface area is 170 Å². The highest BCUT2D eigenvalue weighted by Crippen LogP contribution is 2.25. The second kappa shape index (κ2) is 9.75. The highest BCUT2D eigenvalue weighted by molar-refractivity contribution is 5.76. The first-order valence-electron chi connectivity index (χ1n) is 9.63. The van der Waals surface area contributed by atoms with E-state index in [1.165, 1.54) is 11.1 Å². The molecule has 0 saturated carbocycles. The molecule has 0 unspecified atom stereocenters. The molecule has 0 aliphatic rings. The van der Waals surface area contributed by atoms with Crippen LogP contribution in [0.25, 0.3) is 11.3 Å². The van der Waals surface area contributed by atoms with Gasteiger partial charge in [0.05, 0.1) is 11.4 Å². The maximum atomic E-state index is 11.0. The van der Waals surface area contributed by atoms with E-state index in [1.54, 1.807) is 18.3 Å². The zero-order valence-corrected chi connectivity index (χ0v) is 16.8. The predicted molar refractivity (Wildman–Crippen MR) is 116 cm³/mol. The van der Waals surface area contributed by atoms with Gasteiger partial charge in [-0.15, -0.1) is 0 Å². The number of carbonyl (C=O) groups excluding carboxylic acids is 1. The Morgan fingerprint density at radius 2 is 1.97 bits per heavy atom. The Kier molecular flexibility index (Phi) is 6.86. The van der Waals surface area contributed by atoms with E-state index in [2.05, 4.69) is 45.5 Å². The average Bonchev–Trinajstić information content (AvgIpc) is 2.72. The highest BCUT2D eigenvalue weighted by atomic mass is 16.1. The van der Waals surface area contributed by atoms with Crippen molar-refractivity contribution in [1.82, 2.24) is 20.3 Å². The third kappa shape index (κ3) is 5.36. The highest BCUT2D eigenvalue weighted by Gasteiger charge is 2.08. The lowest BCUT2D eigenvalue weighted by molar-refractivity contribution is 0.112. The monoisotopic (exact) mass is 390 g/mol. The van der Waals surface area contributed by atoms with Gasteiger partial charge < -0.3 is 16.4 Å². The summed E-state index contributed by atoms with van der Waals surface area (Å²) in [4.78, 5) is 23.9. The summed E-state index contributed by atoms with van der Waals surface area (Å²) >= 11 is 0. The lowest BCUT2D eigenvalue weighted by atomic mass is 10.0. The minimum Gasteiger partial charge on any atom is -0.370 e. The molecular weight excluding hydrogens is 364 g/mol. The third-order valence-corrected chi connectivity index (χ3v) is 4.81. The molecule has 2 heterocycles. The number of aldehydes is 1. The second-order valence-electron chi connectivity index (χ2n) is 6.86. The molecule has 1 aromatic carbocycles. The van der Waals surface area contributed by atoms with Crippen molar-refractivity contribution in [2.24, 2.45) is 0 Å². The summed E-state index contributed by atoms with van der Waals surface area (Å²) in [6.07, 6.45) is 3.41. The Balaban J connectivity index is 1.53. The van der Waals surface area contributed by atoms with Gasteiger partial charge >= 0.3 is 0 Å². The van der Waals surface area contributed by atoms with Crippen LogP contribution in [0.1, 0.15) is 33.6 Å². The first kappa shape index (κ1) is 20.4. The zero-order chi connectivity index (χ0) is 20.6. The number of benzene rings is 1. The lowest BCUT2D eigenvalue weighted by Gasteiger charge is -2.11. The van der Waals surface area contributed by atoms with Gasteiger partial charge in [0, 0.05) is 36.5 Å². The molecule has 0 aliphatic heterocycles. The van der Waals surface area contributed by atoms with Gasteiger partial charge in [-0.1, -0.05) is 18.2 Å². The van der Waals surface area contributed by atoms with E-state index in [0.29, 0.717) is 17.9 Å². The van der Waals surface area contributed by atoms with Crippen LogP contribution in [0.5, 0.6) is 0 Å². The molecule has 0 saturated heterocycles. The number of nitrogen functional groups attached to an aromatic ring is 1. The van der Waals surface area contributed by atoms with Gasteiger partial charge in [0.15, 0.2) is 6.29 Å². The Bertz CT molecular complexity index is 989. The maximum absolute atomic E-state index is 11.0. The number of nitrogens with one attached hydrogen (secondary N) is 2. The van der Waals surface area contributed by atoms with Crippen molar-refractivity contribution in [3.8, 4) is 11.3 Å². The maximum Gasteiger partial charge on any atom is 0.222 e. The number of carbonyl (C=O) groups is 1. The third-order valence-electron chi connectivity index (χ3n) is 4.81. The fraction of sp³-hybridized carbons (Fsp3) is 0.273. The van der Waals surface area contributed by atoms with Crippen molar-refractivity contribution in [2.45, 2.75) is 26.8 Å². The van der Waals surface area contributed by atoms with Crippen LogP contribution in [0.3, 0.4) is 0 Å². The van der Waals surface area contributed by atoms with Gasteiger partial charge in [-0.05, 0) is 50.1 Å². The summed E-state index contributed by atoms with van der Waals surface area (Å²) in [5, 5.41) is 6.61. The first-order chi connectivity index (χ1) is 14.1. The Hall–Kier alpha value is -3.32. The van der Waals surface area contributed by atoms with Gasteiger partial charge in [-0.2, -0.15) is 4.98 Å². The number of rotatable bonds is 9. The van der Waals surface area contributed by atoms with Crippen molar-refractivity contribution in [1.29, 1.82) is 0 Å². The summed E-state index contributed by atoms with van der Waals surface area (Å²) in [5.41, 5.74) is 11.6. The van der Waals surface area contributed by atoms with E-state index in [4.69, 9.17) is 5.73 Å². The van der Waals surface area contributed by atoms with Gasteiger partial charge in [-0.3, -0.25) is 9.78 Å². The van der Waals surface area contributed by atoms with Gasteiger partial charge in [0.2, 0.25) is 5.95 Å². The van der Waals surface area contributed by atoms with Gasteiger partial charge in [-0.25, -0.2) is 4.98 Å². The smallest absolute Gasteiger partial charge is 0.222 e. The molecule has 0 aliphatic carbocycles. The average molecular weight is 390 g/mol. The lowest BCUT2D eigenvalue weighted by Crippen LogP contribution is -2.19. The topological polar surface area (TPSA) is 106 Å². The predicted octanol–water partition coefficient (Wildman–Crippen LogP) is 3.14. The molecule has 3 rings (SSSR count). The fourth-order valence-corrected chi connectivity index (χ4v) is 3.07. The SMILES string of the molecule is Cc1cccc(-c2cc(NCCCNCc3ncccc3C=O)nc(N)n2)c1C. The van der Waals surface area contributed by atoms with E-state index in [1.807, 2.05) is 18.2 Å². The minimum atomic E-state index is 0.251. The van der Waals surface area contributed by atoms with Crippen LogP contribution >= 0.6 is 0 Å². The van der Waals surface area contributed by atoms with Crippen LogP contribution < -0.4 is 16.4 Å². The molecule has 2 aromatic heterocycles. The summed E-state index contributed by atoms with van der Waals surface area (Å²) in [5.74, 6) is 0.960. The van der Waals surface area contributed by atoms with Crippen LogP contribution in [0.15, 0.2) is 42.6 Å².